The molecule has 0 aromatic heterocycles. The van der Waals surface area contributed by atoms with Gasteiger partial charge in [-0.25, -0.2) is 4.79 Å². The van der Waals surface area contributed by atoms with E-state index in [1.54, 1.807) is 0 Å². The summed E-state index contributed by atoms with van der Waals surface area (Å²) in [6, 6.07) is 9.15. The third-order valence-electron chi connectivity index (χ3n) is 1.78. The summed E-state index contributed by atoms with van der Waals surface area (Å²) >= 11 is 0. The summed E-state index contributed by atoms with van der Waals surface area (Å²) in [5.74, 6) is -1.46. The molecule has 1 rings (SSSR count). The van der Waals surface area contributed by atoms with Crippen molar-refractivity contribution in [2.75, 3.05) is 7.11 Å². The number of carbonyl (C=O) groups is 2. The van der Waals surface area contributed by atoms with E-state index in [0.717, 1.165) is 11.8 Å². The second-order valence-electron chi connectivity index (χ2n) is 3.20. The van der Waals surface area contributed by atoms with Crippen molar-refractivity contribution < 1.29 is 24.2 Å². The molecule has 0 atom stereocenters. The van der Waals surface area contributed by atoms with Crippen LogP contribution in [-0.4, -0.2) is 24.2 Å². The number of carbonyl (C=O) groups excluding carboxylic acids is 1. The summed E-state index contributed by atoms with van der Waals surface area (Å²) in [7, 11) is 1.34. The number of aliphatic carboxylic acids is 1. The van der Waals surface area contributed by atoms with Crippen molar-refractivity contribution in [2.24, 2.45) is 0 Å². The molecule has 0 saturated carbocycles. The van der Waals surface area contributed by atoms with E-state index in [0.29, 0.717) is 0 Å². The first kappa shape index (κ1) is 16.4. The molecule has 0 spiro atoms. The van der Waals surface area contributed by atoms with Crippen molar-refractivity contribution >= 4 is 18.0 Å². The number of benzene rings is 1. The zero-order valence-corrected chi connectivity index (χ0v) is 10.8. The lowest BCUT2D eigenvalue weighted by atomic mass is 10.2. The lowest BCUT2D eigenvalue weighted by Crippen LogP contribution is -2.01. The molecule has 0 bridgehead atoms. The molecule has 0 aliphatic rings. The quantitative estimate of drug-likeness (QED) is 0.513. The van der Waals surface area contributed by atoms with Crippen molar-refractivity contribution in [2.45, 2.75) is 6.92 Å². The number of carboxylic acid groups (broad SMARTS) is 1. The van der Waals surface area contributed by atoms with E-state index < -0.39 is 5.97 Å². The molecule has 5 heteroatoms. The maximum absolute atomic E-state index is 10.5. The topological polar surface area (TPSA) is 72.8 Å². The molecular formula is C14H16O5. The van der Waals surface area contributed by atoms with E-state index in [2.05, 4.69) is 16.1 Å². The standard InChI is InChI=1S/C10H10O3.C4H6O2/c1-13-9(10(11)12)7-8-5-3-2-4-6-8;1-3-6-4(2)5/h2-7H,1H3,(H,11,12);3H,1H2,2H3. The van der Waals surface area contributed by atoms with Gasteiger partial charge in [0, 0.05) is 6.92 Å². The van der Waals surface area contributed by atoms with E-state index >= 15 is 0 Å². The number of carboxylic acids is 1. The molecule has 0 saturated heterocycles. The molecule has 1 N–H and O–H groups in total. The third kappa shape index (κ3) is 8.20. The van der Waals surface area contributed by atoms with E-state index in [9.17, 15) is 9.59 Å². The molecule has 0 heterocycles. The van der Waals surface area contributed by atoms with Gasteiger partial charge in [0.25, 0.3) is 0 Å². The summed E-state index contributed by atoms with van der Waals surface area (Å²) in [5.41, 5.74) is 0.807. The minimum absolute atomic E-state index is 0.0637. The Bertz CT molecular complexity index is 448. The van der Waals surface area contributed by atoms with Crippen LogP contribution in [0.1, 0.15) is 12.5 Å². The highest BCUT2D eigenvalue weighted by atomic mass is 16.5. The number of esters is 1. The monoisotopic (exact) mass is 264 g/mol. The van der Waals surface area contributed by atoms with Crippen LogP contribution in [0.3, 0.4) is 0 Å². The van der Waals surface area contributed by atoms with Gasteiger partial charge in [-0.2, -0.15) is 0 Å². The predicted molar refractivity (Wildman–Crippen MR) is 71.0 cm³/mol. The first-order valence-electron chi connectivity index (χ1n) is 5.33. The first-order chi connectivity index (χ1) is 9.01. The van der Waals surface area contributed by atoms with Crippen LogP contribution in [0.5, 0.6) is 0 Å². The predicted octanol–water partition coefficient (Wildman–Crippen LogP) is 2.45. The molecule has 1 aromatic carbocycles. The Hall–Kier alpha value is -2.56. The Balaban J connectivity index is 0.000000459. The van der Waals surface area contributed by atoms with E-state index in [1.165, 1.54) is 20.1 Å². The fourth-order valence-corrected chi connectivity index (χ4v) is 1.03. The SMILES string of the molecule is C=COC(C)=O.COC(=Cc1ccccc1)C(=O)O. The molecule has 0 amide bonds. The van der Waals surface area contributed by atoms with Crippen LogP contribution in [0.15, 0.2) is 48.9 Å². The third-order valence-corrected chi connectivity index (χ3v) is 1.78. The van der Waals surface area contributed by atoms with Gasteiger partial charge in [-0.3, -0.25) is 4.79 Å². The van der Waals surface area contributed by atoms with E-state index in [-0.39, 0.29) is 11.7 Å². The van der Waals surface area contributed by atoms with Gasteiger partial charge in [-0.15, -0.1) is 0 Å². The van der Waals surface area contributed by atoms with Gasteiger partial charge in [0.2, 0.25) is 5.76 Å². The summed E-state index contributed by atoms with van der Waals surface area (Å²) in [4.78, 5) is 20.3. The molecular weight excluding hydrogens is 248 g/mol. The van der Waals surface area contributed by atoms with Crippen LogP contribution >= 0.6 is 0 Å². The highest BCUT2D eigenvalue weighted by molar-refractivity contribution is 5.89. The summed E-state index contributed by atoms with van der Waals surface area (Å²) in [5, 5.41) is 8.64. The summed E-state index contributed by atoms with van der Waals surface area (Å²) < 4.78 is 8.84. The molecule has 0 fully saturated rings. The van der Waals surface area contributed by atoms with Gasteiger partial charge in [0.05, 0.1) is 13.4 Å². The van der Waals surface area contributed by atoms with Crippen LogP contribution in [0, 0.1) is 0 Å². The normalized spacial score (nSPS) is 9.68. The summed E-state index contributed by atoms with van der Waals surface area (Å²) in [6.07, 6.45) is 2.57. The number of hydrogen-bond acceptors (Lipinski definition) is 4. The average Bonchev–Trinajstić information content (AvgIpc) is 2.37. The maximum Gasteiger partial charge on any atom is 0.371 e. The molecule has 0 radical (unpaired) electrons. The van der Waals surface area contributed by atoms with Crippen molar-refractivity contribution in [1.82, 2.24) is 0 Å². The molecule has 19 heavy (non-hydrogen) atoms. The lowest BCUT2D eigenvalue weighted by molar-refractivity contribution is -0.136. The molecule has 0 aliphatic carbocycles. The lowest BCUT2D eigenvalue weighted by Gasteiger charge is -1.99. The number of methoxy groups -OCH3 is 1. The van der Waals surface area contributed by atoms with Crippen molar-refractivity contribution in [3.63, 3.8) is 0 Å². The Labute approximate surface area is 111 Å². The zero-order valence-electron chi connectivity index (χ0n) is 10.8. The van der Waals surface area contributed by atoms with Gasteiger partial charge >= 0.3 is 11.9 Å². The molecule has 1 aromatic rings. The Morgan fingerprint density at radius 2 is 1.84 bits per heavy atom. The first-order valence-corrected chi connectivity index (χ1v) is 5.33. The number of ether oxygens (including phenoxy) is 2. The fourth-order valence-electron chi connectivity index (χ4n) is 1.03. The van der Waals surface area contributed by atoms with Gasteiger partial charge < -0.3 is 14.6 Å². The summed E-state index contributed by atoms with van der Waals surface area (Å²) in [6.45, 7) is 4.48. The Morgan fingerprint density at radius 1 is 1.26 bits per heavy atom. The molecule has 5 nitrogen and oxygen atoms in total. The Kier molecular flexibility index (Phi) is 8.19. The van der Waals surface area contributed by atoms with Crippen molar-refractivity contribution in [3.05, 3.63) is 54.5 Å². The van der Waals surface area contributed by atoms with Gasteiger partial charge in [0.15, 0.2) is 0 Å². The minimum Gasteiger partial charge on any atom is -0.490 e. The van der Waals surface area contributed by atoms with Crippen molar-refractivity contribution in [3.8, 4) is 0 Å². The van der Waals surface area contributed by atoms with Gasteiger partial charge in [0.1, 0.15) is 0 Å². The number of hydrogen-bond donors (Lipinski definition) is 1. The fraction of sp³-hybridized carbons (Fsp3) is 0.143. The zero-order chi connectivity index (χ0) is 14.7. The van der Waals surface area contributed by atoms with Crippen LogP contribution < -0.4 is 0 Å². The second-order valence-corrected chi connectivity index (χ2v) is 3.20. The van der Waals surface area contributed by atoms with Gasteiger partial charge in [-0.05, 0) is 11.6 Å². The van der Waals surface area contributed by atoms with Crippen LogP contribution in [-0.2, 0) is 19.1 Å². The Morgan fingerprint density at radius 3 is 2.16 bits per heavy atom. The number of rotatable bonds is 4. The molecule has 0 unspecified atom stereocenters. The van der Waals surface area contributed by atoms with Crippen LogP contribution in [0.4, 0.5) is 0 Å². The van der Waals surface area contributed by atoms with E-state index in [4.69, 9.17) is 5.11 Å². The van der Waals surface area contributed by atoms with E-state index in [1.807, 2.05) is 30.3 Å². The van der Waals surface area contributed by atoms with Crippen molar-refractivity contribution in [1.29, 1.82) is 0 Å². The highest BCUT2D eigenvalue weighted by Crippen LogP contribution is 2.06. The average molecular weight is 264 g/mol. The second kappa shape index (κ2) is 9.47. The van der Waals surface area contributed by atoms with Gasteiger partial charge in [-0.1, -0.05) is 36.9 Å². The smallest absolute Gasteiger partial charge is 0.371 e. The van der Waals surface area contributed by atoms with Crippen LogP contribution in [0.25, 0.3) is 6.08 Å². The minimum atomic E-state index is -1.06. The molecule has 102 valence electrons. The maximum atomic E-state index is 10.5. The highest BCUT2D eigenvalue weighted by Gasteiger charge is 2.05. The largest absolute Gasteiger partial charge is 0.490 e. The molecule has 0 aliphatic heterocycles. The van der Waals surface area contributed by atoms with Crippen LogP contribution in [0.2, 0.25) is 0 Å².